The maximum Gasteiger partial charge on any atom is 0.193 e. The van der Waals surface area contributed by atoms with Gasteiger partial charge in [0.15, 0.2) is 5.22 Å². The van der Waals surface area contributed by atoms with Gasteiger partial charge in [0.2, 0.25) is 0 Å². The third kappa shape index (κ3) is 4.49. The van der Waals surface area contributed by atoms with E-state index >= 15 is 0 Å². The summed E-state index contributed by atoms with van der Waals surface area (Å²) < 4.78 is 5.30. The number of rotatable bonds is 6. The first-order valence-electron chi connectivity index (χ1n) is 5.22. The lowest BCUT2D eigenvalue weighted by Gasteiger charge is -2.19. The quantitative estimate of drug-likeness (QED) is 0.832. The average molecular weight is 248 g/mol. The van der Waals surface area contributed by atoms with Gasteiger partial charge >= 0.3 is 0 Å². The van der Waals surface area contributed by atoms with Crippen molar-refractivity contribution in [3.63, 3.8) is 0 Å². The molecule has 0 aromatic carbocycles. The van der Waals surface area contributed by atoms with Crippen molar-refractivity contribution in [2.45, 2.75) is 37.8 Å². The largest absolute Gasteiger partial charge is 0.449 e. The van der Waals surface area contributed by atoms with Gasteiger partial charge in [0, 0.05) is 11.3 Å². The van der Waals surface area contributed by atoms with E-state index in [-0.39, 0.29) is 0 Å². The number of halogens is 1. The summed E-state index contributed by atoms with van der Waals surface area (Å²) in [6.45, 7) is 7.57. The van der Waals surface area contributed by atoms with E-state index in [1.807, 2.05) is 17.8 Å². The smallest absolute Gasteiger partial charge is 0.193 e. The van der Waals surface area contributed by atoms with Crippen molar-refractivity contribution in [2.75, 3.05) is 6.54 Å². The zero-order valence-electron chi connectivity index (χ0n) is 9.42. The third-order valence-electron chi connectivity index (χ3n) is 2.35. The van der Waals surface area contributed by atoms with E-state index in [1.54, 1.807) is 6.07 Å². The van der Waals surface area contributed by atoms with E-state index in [1.165, 1.54) is 0 Å². The summed E-state index contributed by atoms with van der Waals surface area (Å²) in [6, 6.07) is 4.24. The van der Waals surface area contributed by atoms with Crippen molar-refractivity contribution < 1.29 is 4.42 Å². The van der Waals surface area contributed by atoms with Crippen LogP contribution in [0.3, 0.4) is 0 Å². The lowest BCUT2D eigenvalue weighted by molar-refractivity contribution is 0.530. The van der Waals surface area contributed by atoms with Crippen LogP contribution in [0.2, 0.25) is 5.22 Å². The number of thioether (sulfide) groups is 1. The Morgan fingerprint density at radius 2 is 2.20 bits per heavy atom. The Hall–Kier alpha value is -0.120. The van der Waals surface area contributed by atoms with E-state index in [0.29, 0.717) is 16.5 Å². The second-order valence-corrected chi connectivity index (χ2v) is 5.31. The molecule has 2 atom stereocenters. The molecule has 1 aromatic rings. The lowest BCUT2D eigenvalue weighted by Crippen LogP contribution is -2.33. The summed E-state index contributed by atoms with van der Waals surface area (Å²) in [7, 11) is 0. The second-order valence-electron chi connectivity index (χ2n) is 3.57. The molecule has 1 aromatic heterocycles. The molecule has 4 heteroatoms. The minimum atomic E-state index is 0.470. The van der Waals surface area contributed by atoms with Crippen LogP contribution >= 0.6 is 23.4 Å². The van der Waals surface area contributed by atoms with E-state index in [9.17, 15) is 0 Å². The minimum Gasteiger partial charge on any atom is -0.449 e. The molecule has 0 aliphatic heterocycles. The molecule has 0 aliphatic rings. The Labute approximate surface area is 101 Å². The van der Waals surface area contributed by atoms with Crippen LogP contribution in [0.15, 0.2) is 16.5 Å². The van der Waals surface area contributed by atoms with E-state index in [2.05, 4.69) is 26.1 Å². The summed E-state index contributed by atoms with van der Waals surface area (Å²) in [5.74, 6) is 1.82. The van der Waals surface area contributed by atoms with Gasteiger partial charge < -0.3 is 9.73 Å². The maximum atomic E-state index is 5.70. The van der Waals surface area contributed by atoms with Crippen LogP contribution in [-0.4, -0.2) is 17.8 Å². The van der Waals surface area contributed by atoms with Gasteiger partial charge in [-0.1, -0.05) is 13.8 Å². The molecular formula is C11H18ClNOS. The van der Waals surface area contributed by atoms with Gasteiger partial charge in [0.25, 0.3) is 0 Å². The number of nitrogens with one attached hydrogen (secondary N) is 1. The maximum absolute atomic E-state index is 5.70. The lowest BCUT2D eigenvalue weighted by atomic mass is 10.2. The Bertz CT molecular complexity index is 290. The van der Waals surface area contributed by atoms with Crippen molar-refractivity contribution in [1.29, 1.82) is 0 Å². The molecule has 0 saturated carbocycles. The van der Waals surface area contributed by atoms with Crippen LogP contribution in [0.4, 0.5) is 0 Å². The zero-order valence-corrected chi connectivity index (χ0v) is 11.0. The summed E-state index contributed by atoms with van der Waals surface area (Å²) in [6.07, 6.45) is 0. The highest BCUT2D eigenvalue weighted by atomic mass is 35.5. The van der Waals surface area contributed by atoms with Crippen LogP contribution in [0.25, 0.3) is 0 Å². The summed E-state index contributed by atoms with van der Waals surface area (Å²) in [5.41, 5.74) is 0. The van der Waals surface area contributed by atoms with Gasteiger partial charge in [0.05, 0.1) is 5.75 Å². The van der Waals surface area contributed by atoms with Crippen molar-refractivity contribution in [3.05, 3.63) is 23.1 Å². The Morgan fingerprint density at radius 3 is 2.73 bits per heavy atom. The first kappa shape index (κ1) is 12.9. The van der Waals surface area contributed by atoms with Crippen molar-refractivity contribution >= 4 is 23.4 Å². The zero-order chi connectivity index (χ0) is 11.3. The summed E-state index contributed by atoms with van der Waals surface area (Å²) >= 11 is 7.58. The SMILES string of the molecule is CCNC(C)C(C)SCc1ccc(Cl)o1. The molecule has 0 bridgehead atoms. The number of furan rings is 1. The van der Waals surface area contributed by atoms with E-state index < -0.39 is 0 Å². The summed E-state index contributed by atoms with van der Waals surface area (Å²) in [4.78, 5) is 0. The molecule has 0 amide bonds. The standard InChI is InChI=1S/C11H18ClNOS/c1-4-13-8(2)9(3)15-7-10-5-6-11(12)14-10/h5-6,8-9,13H,4,7H2,1-3H3. The predicted molar refractivity (Wildman–Crippen MR) is 67.6 cm³/mol. The molecule has 0 fully saturated rings. The van der Waals surface area contributed by atoms with Gasteiger partial charge in [0.1, 0.15) is 5.76 Å². The average Bonchev–Trinajstić information content (AvgIpc) is 2.61. The predicted octanol–water partition coefficient (Wildman–Crippen LogP) is 3.55. The minimum absolute atomic E-state index is 0.470. The topological polar surface area (TPSA) is 25.2 Å². The van der Waals surface area contributed by atoms with Crippen LogP contribution in [-0.2, 0) is 5.75 Å². The van der Waals surface area contributed by atoms with Gasteiger partial charge in [-0.2, -0.15) is 0 Å². The van der Waals surface area contributed by atoms with Gasteiger partial charge in [-0.05, 0) is 37.2 Å². The highest BCUT2D eigenvalue weighted by molar-refractivity contribution is 7.99. The fraction of sp³-hybridized carbons (Fsp3) is 0.636. The second kappa shape index (κ2) is 6.46. The van der Waals surface area contributed by atoms with Crippen molar-refractivity contribution in [1.82, 2.24) is 5.32 Å². The van der Waals surface area contributed by atoms with E-state index in [4.69, 9.17) is 16.0 Å². The van der Waals surface area contributed by atoms with Crippen molar-refractivity contribution in [2.24, 2.45) is 0 Å². The molecule has 0 radical (unpaired) electrons. The van der Waals surface area contributed by atoms with Gasteiger partial charge in [-0.25, -0.2) is 0 Å². The molecule has 1 N–H and O–H groups in total. The molecule has 86 valence electrons. The highest BCUT2D eigenvalue weighted by Crippen LogP contribution is 2.22. The Morgan fingerprint density at radius 1 is 1.47 bits per heavy atom. The molecule has 0 spiro atoms. The third-order valence-corrected chi connectivity index (χ3v) is 3.94. The Balaban J connectivity index is 2.30. The van der Waals surface area contributed by atoms with Crippen molar-refractivity contribution in [3.8, 4) is 0 Å². The fourth-order valence-corrected chi connectivity index (χ4v) is 2.40. The molecule has 2 nitrogen and oxygen atoms in total. The van der Waals surface area contributed by atoms with Gasteiger partial charge in [-0.15, -0.1) is 11.8 Å². The van der Waals surface area contributed by atoms with E-state index in [0.717, 1.165) is 18.1 Å². The first-order valence-corrected chi connectivity index (χ1v) is 6.65. The van der Waals surface area contributed by atoms with Crippen LogP contribution in [0, 0.1) is 0 Å². The molecule has 1 rings (SSSR count). The fourth-order valence-electron chi connectivity index (χ4n) is 1.28. The Kier molecular flexibility index (Phi) is 5.58. The van der Waals surface area contributed by atoms with Crippen LogP contribution in [0.5, 0.6) is 0 Å². The molecule has 0 aliphatic carbocycles. The van der Waals surface area contributed by atoms with Crippen LogP contribution in [0.1, 0.15) is 26.5 Å². The number of hydrogen-bond acceptors (Lipinski definition) is 3. The molecular weight excluding hydrogens is 230 g/mol. The molecule has 15 heavy (non-hydrogen) atoms. The molecule has 1 heterocycles. The summed E-state index contributed by atoms with van der Waals surface area (Å²) in [5, 5.41) is 4.44. The molecule has 0 saturated heterocycles. The highest BCUT2D eigenvalue weighted by Gasteiger charge is 2.12. The van der Waals surface area contributed by atoms with Crippen LogP contribution < -0.4 is 5.32 Å². The normalized spacial score (nSPS) is 15.2. The first-order chi connectivity index (χ1) is 7.13. The molecule has 2 unspecified atom stereocenters. The number of hydrogen-bond donors (Lipinski definition) is 1. The monoisotopic (exact) mass is 247 g/mol. The van der Waals surface area contributed by atoms with Gasteiger partial charge in [-0.3, -0.25) is 0 Å².